The lowest BCUT2D eigenvalue weighted by molar-refractivity contribution is -0.131. The second kappa shape index (κ2) is 8.58. The van der Waals surface area contributed by atoms with Gasteiger partial charge in [-0.25, -0.2) is 0 Å². The molecule has 0 unspecified atom stereocenters. The summed E-state index contributed by atoms with van der Waals surface area (Å²) in [6.07, 6.45) is 4.77. The molecule has 2 fully saturated rings. The summed E-state index contributed by atoms with van der Waals surface area (Å²) in [6.45, 7) is 0.355. The zero-order chi connectivity index (χ0) is 18.5. The number of amides is 3. The summed E-state index contributed by atoms with van der Waals surface area (Å²) in [6, 6.07) is 9.09. The average molecular weight is 375 g/mol. The molecule has 0 radical (unpaired) electrons. The molecular weight excluding hydrogens is 350 g/mol. The minimum absolute atomic E-state index is 0.0561. The highest BCUT2D eigenvalue weighted by atomic mass is 32.2. The van der Waals surface area contributed by atoms with E-state index in [4.69, 9.17) is 0 Å². The standard InChI is InChI=1S/C19H25N3O3S/c1-26-10-9-16(19(25)20-14-7-8-14)21-18(24)13-11-17(23)22(12-13)15-5-3-2-4-6-15/h2-6,13-14,16H,7-12H2,1H3,(H,20,25)(H,21,24)/t13-,16+/m0/s1. The SMILES string of the molecule is CSCC[C@@H](NC(=O)[C@H]1CC(=O)N(c2ccccc2)C1)C(=O)NC1CC1. The second-order valence-electron chi connectivity index (χ2n) is 6.87. The van der Waals surface area contributed by atoms with Crippen molar-refractivity contribution in [3.63, 3.8) is 0 Å². The van der Waals surface area contributed by atoms with E-state index in [0.29, 0.717) is 13.0 Å². The van der Waals surface area contributed by atoms with Crippen molar-refractivity contribution in [2.75, 3.05) is 23.5 Å². The first-order chi connectivity index (χ1) is 12.6. The number of carbonyl (C=O) groups excluding carboxylic acids is 3. The molecule has 3 rings (SSSR count). The molecule has 1 saturated heterocycles. The number of para-hydroxylation sites is 1. The van der Waals surface area contributed by atoms with Crippen molar-refractivity contribution in [1.29, 1.82) is 0 Å². The molecule has 7 heteroatoms. The van der Waals surface area contributed by atoms with Gasteiger partial charge in [0.05, 0.1) is 5.92 Å². The van der Waals surface area contributed by atoms with Crippen molar-refractivity contribution in [3.8, 4) is 0 Å². The summed E-state index contributed by atoms with van der Waals surface area (Å²) in [4.78, 5) is 39.0. The van der Waals surface area contributed by atoms with E-state index in [2.05, 4.69) is 10.6 Å². The predicted octanol–water partition coefficient (Wildman–Crippen LogP) is 1.56. The van der Waals surface area contributed by atoms with Gasteiger partial charge in [0.1, 0.15) is 6.04 Å². The van der Waals surface area contributed by atoms with Crippen LogP contribution in [0.3, 0.4) is 0 Å². The van der Waals surface area contributed by atoms with Crippen LogP contribution in [0.5, 0.6) is 0 Å². The molecule has 0 bridgehead atoms. The molecule has 0 aromatic heterocycles. The Morgan fingerprint density at radius 3 is 2.65 bits per heavy atom. The number of nitrogens with zero attached hydrogens (tertiary/aromatic N) is 1. The first-order valence-corrected chi connectivity index (χ1v) is 10.4. The van der Waals surface area contributed by atoms with Crippen LogP contribution < -0.4 is 15.5 Å². The largest absolute Gasteiger partial charge is 0.352 e. The van der Waals surface area contributed by atoms with Crippen molar-refractivity contribution in [3.05, 3.63) is 30.3 Å². The predicted molar refractivity (Wildman–Crippen MR) is 103 cm³/mol. The van der Waals surface area contributed by atoms with Crippen LogP contribution >= 0.6 is 11.8 Å². The fourth-order valence-corrected chi connectivity index (χ4v) is 3.54. The van der Waals surface area contributed by atoms with Crippen LogP contribution in [0.1, 0.15) is 25.7 Å². The second-order valence-corrected chi connectivity index (χ2v) is 7.85. The Kier molecular flexibility index (Phi) is 6.19. The normalized spacial score (nSPS) is 20.7. The average Bonchev–Trinajstić information content (AvgIpc) is 3.37. The van der Waals surface area contributed by atoms with Crippen molar-refractivity contribution in [1.82, 2.24) is 10.6 Å². The molecule has 2 atom stereocenters. The van der Waals surface area contributed by atoms with Gasteiger partial charge in [0.2, 0.25) is 17.7 Å². The maximum Gasteiger partial charge on any atom is 0.242 e. The maximum atomic E-state index is 12.7. The maximum absolute atomic E-state index is 12.7. The topological polar surface area (TPSA) is 78.5 Å². The third kappa shape index (κ3) is 4.78. The summed E-state index contributed by atoms with van der Waals surface area (Å²) in [5.74, 6) is -0.0106. The molecule has 1 saturated carbocycles. The summed E-state index contributed by atoms with van der Waals surface area (Å²) >= 11 is 1.65. The summed E-state index contributed by atoms with van der Waals surface area (Å²) in [7, 11) is 0. The number of rotatable bonds is 8. The van der Waals surface area contributed by atoms with Crippen LogP contribution in [0.15, 0.2) is 30.3 Å². The van der Waals surface area contributed by atoms with E-state index in [1.54, 1.807) is 16.7 Å². The number of nitrogens with one attached hydrogen (secondary N) is 2. The minimum atomic E-state index is -0.531. The number of hydrogen-bond donors (Lipinski definition) is 2. The van der Waals surface area contributed by atoms with Crippen LogP contribution in [0.4, 0.5) is 5.69 Å². The lowest BCUT2D eigenvalue weighted by Crippen LogP contribution is -2.49. The van der Waals surface area contributed by atoms with Gasteiger partial charge in [-0.05, 0) is 43.4 Å². The zero-order valence-corrected chi connectivity index (χ0v) is 15.8. The Balaban J connectivity index is 1.60. The molecular formula is C19H25N3O3S. The van der Waals surface area contributed by atoms with Gasteiger partial charge in [0.25, 0.3) is 0 Å². The van der Waals surface area contributed by atoms with Gasteiger partial charge in [-0.1, -0.05) is 18.2 Å². The first-order valence-electron chi connectivity index (χ1n) is 9.03. The Hall–Kier alpha value is -2.02. The minimum Gasteiger partial charge on any atom is -0.352 e. The van der Waals surface area contributed by atoms with E-state index in [9.17, 15) is 14.4 Å². The number of carbonyl (C=O) groups is 3. The Labute approximate surface area is 158 Å². The van der Waals surface area contributed by atoms with E-state index >= 15 is 0 Å². The quantitative estimate of drug-likeness (QED) is 0.723. The highest BCUT2D eigenvalue weighted by Gasteiger charge is 2.37. The fourth-order valence-electron chi connectivity index (χ4n) is 3.06. The van der Waals surface area contributed by atoms with Crippen LogP contribution in [0.2, 0.25) is 0 Å². The highest BCUT2D eigenvalue weighted by molar-refractivity contribution is 7.98. The number of hydrogen-bond acceptors (Lipinski definition) is 4. The van der Waals surface area contributed by atoms with Gasteiger partial charge in [-0.3, -0.25) is 14.4 Å². The molecule has 1 heterocycles. The fraction of sp³-hybridized carbons (Fsp3) is 0.526. The Morgan fingerprint density at radius 1 is 1.27 bits per heavy atom. The first kappa shape index (κ1) is 18.8. The van der Waals surface area contributed by atoms with E-state index in [-0.39, 0.29) is 30.2 Å². The number of anilines is 1. The van der Waals surface area contributed by atoms with Crippen molar-refractivity contribution in [2.45, 2.75) is 37.8 Å². The smallest absolute Gasteiger partial charge is 0.242 e. The van der Waals surface area contributed by atoms with Gasteiger partial charge in [-0.15, -0.1) is 0 Å². The molecule has 26 heavy (non-hydrogen) atoms. The molecule has 140 valence electrons. The Bertz CT molecular complexity index is 663. The molecule has 6 nitrogen and oxygen atoms in total. The lowest BCUT2D eigenvalue weighted by atomic mass is 10.1. The van der Waals surface area contributed by atoms with Gasteiger partial charge in [0, 0.05) is 24.7 Å². The molecule has 1 aromatic rings. The van der Waals surface area contributed by atoms with Gasteiger partial charge >= 0.3 is 0 Å². The van der Waals surface area contributed by atoms with E-state index < -0.39 is 12.0 Å². The Morgan fingerprint density at radius 2 is 2.00 bits per heavy atom. The number of benzene rings is 1. The van der Waals surface area contributed by atoms with Gasteiger partial charge in [0.15, 0.2) is 0 Å². The van der Waals surface area contributed by atoms with E-state index in [1.165, 1.54) is 0 Å². The molecule has 2 N–H and O–H groups in total. The number of thioether (sulfide) groups is 1. The van der Waals surface area contributed by atoms with Crippen LogP contribution in [0.25, 0.3) is 0 Å². The van der Waals surface area contributed by atoms with Crippen LogP contribution in [-0.2, 0) is 14.4 Å². The molecule has 0 spiro atoms. The van der Waals surface area contributed by atoms with Crippen LogP contribution in [0, 0.1) is 5.92 Å². The van der Waals surface area contributed by atoms with Crippen molar-refractivity contribution in [2.24, 2.45) is 5.92 Å². The van der Waals surface area contributed by atoms with Gasteiger partial charge in [-0.2, -0.15) is 11.8 Å². The molecule has 2 aliphatic rings. The third-order valence-electron chi connectivity index (χ3n) is 4.73. The summed E-state index contributed by atoms with van der Waals surface area (Å²) < 4.78 is 0. The summed E-state index contributed by atoms with van der Waals surface area (Å²) in [5, 5.41) is 5.84. The molecule has 3 amide bonds. The van der Waals surface area contributed by atoms with E-state index in [1.807, 2.05) is 36.6 Å². The van der Waals surface area contributed by atoms with Crippen molar-refractivity contribution >= 4 is 35.2 Å². The monoisotopic (exact) mass is 375 g/mol. The molecule has 1 aliphatic carbocycles. The van der Waals surface area contributed by atoms with E-state index in [0.717, 1.165) is 24.3 Å². The zero-order valence-electron chi connectivity index (χ0n) is 14.9. The van der Waals surface area contributed by atoms with Gasteiger partial charge < -0.3 is 15.5 Å². The molecule has 1 aliphatic heterocycles. The third-order valence-corrected chi connectivity index (χ3v) is 5.38. The van der Waals surface area contributed by atoms with Crippen LogP contribution in [-0.4, -0.2) is 48.4 Å². The van der Waals surface area contributed by atoms with Crippen molar-refractivity contribution < 1.29 is 14.4 Å². The summed E-state index contributed by atoms with van der Waals surface area (Å²) in [5.41, 5.74) is 0.804. The lowest BCUT2D eigenvalue weighted by Gasteiger charge is -2.20. The highest BCUT2D eigenvalue weighted by Crippen LogP contribution is 2.25. The molecule has 1 aromatic carbocycles.